The van der Waals surface area contributed by atoms with Gasteiger partial charge in [0.25, 0.3) is 11.6 Å². The second-order valence-corrected chi connectivity index (χ2v) is 5.93. The van der Waals surface area contributed by atoms with Gasteiger partial charge in [-0.2, -0.15) is 0 Å². The third-order valence-electron chi connectivity index (χ3n) is 3.62. The average molecular weight is 377 g/mol. The van der Waals surface area contributed by atoms with Crippen molar-refractivity contribution in [2.45, 2.75) is 26.7 Å². The summed E-state index contributed by atoms with van der Waals surface area (Å²) >= 11 is 0. The number of nitrogens with one attached hydrogen (secondary N) is 1. The molecule has 2 rings (SSSR count). The van der Waals surface area contributed by atoms with E-state index in [2.05, 4.69) is 10.5 Å². The van der Waals surface area contributed by atoms with Gasteiger partial charge >= 0.3 is 5.97 Å². The smallest absolute Gasteiger partial charge is 0.344 e. The van der Waals surface area contributed by atoms with Crippen LogP contribution in [-0.4, -0.2) is 35.7 Å². The maximum atomic E-state index is 12.2. The lowest BCUT2D eigenvalue weighted by Gasteiger charge is -2.10. The van der Waals surface area contributed by atoms with Crippen LogP contribution in [0.15, 0.2) is 22.7 Å². The first-order chi connectivity index (χ1) is 12.7. The molecule has 1 aromatic heterocycles. The number of hydrogen-bond donors (Lipinski definition) is 1. The van der Waals surface area contributed by atoms with Gasteiger partial charge in [-0.3, -0.25) is 14.9 Å². The Labute approximate surface area is 154 Å². The van der Waals surface area contributed by atoms with E-state index in [1.807, 2.05) is 13.8 Å². The van der Waals surface area contributed by atoms with Crippen molar-refractivity contribution in [1.82, 2.24) is 5.16 Å². The van der Waals surface area contributed by atoms with Gasteiger partial charge < -0.3 is 19.3 Å². The fraction of sp³-hybridized carbons (Fsp3) is 0.353. The summed E-state index contributed by atoms with van der Waals surface area (Å²) in [6, 6.07) is 3.73. The summed E-state index contributed by atoms with van der Waals surface area (Å²) < 4.78 is 15.2. The molecule has 10 nitrogen and oxygen atoms in total. The van der Waals surface area contributed by atoms with Crippen molar-refractivity contribution in [3.8, 4) is 5.75 Å². The number of nitrogens with zero attached hydrogens (tertiary/aromatic N) is 2. The molecule has 0 aliphatic heterocycles. The van der Waals surface area contributed by atoms with E-state index in [-0.39, 0.29) is 28.6 Å². The third kappa shape index (κ3) is 4.60. The van der Waals surface area contributed by atoms with Crippen LogP contribution in [0.5, 0.6) is 5.75 Å². The number of non-ortho nitro benzene ring substituents is 1. The van der Waals surface area contributed by atoms with E-state index in [0.29, 0.717) is 11.5 Å². The van der Waals surface area contributed by atoms with Crippen LogP contribution >= 0.6 is 0 Å². The lowest BCUT2D eigenvalue weighted by atomic mass is 10.1. The number of amides is 1. The minimum atomic E-state index is -0.719. The molecule has 27 heavy (non-hydrogen) atoms. The lowest BCUT2D eigenvalue weighted by molar-refractivity contribution is -0.384. The number of ether oxygens (including phenoxy) is 2. The van der Waals surface area contributed by atoms with Gasteiger partial charge in [-0.25, -0.2) is 4.79 Å². The van der Waals surface area contributed by atoms with Crippen molar-refractivity contribution >= 4 is 23.3 Å². The van der Waals surface area contributed by atoms with Crippen LogP contribution in [0.25, 0.3) is 0 Å². The number of benzene rings is 1. The van der Waals surface area contributed by atoms with Gasteiger partial charge in [-0.1, -0.05) is 19.0 Å². The molecule has 144 valence electrons. The molecule has 1 heterocycles. The predicted octanol–water partition coefficient (Wildman–Crippen LogP) is 2.82. The van der Waals surface area contributed by atoms with Crippen LogP contribution in [0.4, 0.5) is 11.4 Å². The van der Waals surface area contributed by atoms with Gasteiger partial charge in [0.05, 0.1) is 29.5 Å². The minimum absolute atomic E-state index is 0.0769. The van der Waals surface area contributed by atoms with E-state index >= 15 is 0 Å². The monoisotopic (exact) mass is 377 g/mol. The first kappa shape index (κ1) is 19.9. The van der Waals surface area contributed by atoms with Crippen molar-refractivity contribution in [2.75, 3.05) is 19.0 Å². The molecule has 2 aromatic rings. The topological polar surface area (TPSA) is 134 Å². The highest BCUT2D eigenvalue weighted by atomic mass is 16.6. The molecule has 0 aliphatic rings. The molecule has 0 atom stereocenters. The van der Waals surface area contributed by atoms with E-state index in [9.17, 15) is 19.7 Å². The van der Waals surface area contributed by atoms with Gasteiger partial charge in [0.2, 0.25) is 0 Å². The molecule has 1 amide bonds. The van der Waals surface area contributed by atoms with Crippen LogP contribution in [-0.2, 0) is 9.53 Å². The number of carbonyl (C=O) groups is 2. The Morgan fingerprint density at radius 2 is 2.07 bits per heavy atom. The van der Waals surface area contributed by atoms with Gasteiger partial charge in [0.15, 0.2) is 12.4 Å². The van der Waals surface area contributed by atoms with Crippen LogP contribution in [0, 0.1) is 17.0 Å². The Morgan fingerprint density at radius 1 is 1.37 bits per heavy atom. The van der Waals surface area contributed by atoms with Crippen LogP contribution < -0.4 is 10.1 Å². The van der Waals surface area contributed by atoms with Crippen molar-refractivity contribution in [1.29, 1.82) is 0 Å². The zero-order chi connectivity index (χ0) is 20.1. The Hall–Kier alpha value is -3.43. The molecule has 0 fully saturated rings. The quantitative estimate of drug-likeness (QED) is 0.442. The Kier molecular flexibility index (Phi) is 6.11. The number of hydrogen-bond acceptors (Lipinski definition) is 8. The van der Waals surface area contributed by atoms with Gasteiger partial charge in [0, 0.05) is 12.0 Å². The number of methoxy groups -OCH3 is 1. The highest BCUT2D eigenvalue weighted by molar-refractivity contribution is 5.97. The summed E-state index contributed by atoms with van der Waals surface area (Å²) in [7, 11) is 1.32. The molecule has 0 spiro atoms. The Bertz CT molecular complexity index is 873. The zero-order valence-corrected chi connectivity index (χ0v) is 15.3. The predicted molar refractivity (Wildman–Crippen MR) is 93.9 cm³/mol. The van der Waals surface area contributed by atoms with Crippen LogP contribution in [0.1, 0.15) is 41.6 Å². The number of anilines is 1. The third-order valence-corrected chi connectivity index (χ3v) is 3.62. The second-order valence-electron chi connectivity index (χ2n) is 5.93. The molecule has 0 radical (unpaired) electrons. The maximum Gasteiger partial charge on any atom is 0.344 e. The molecule has 1 aromatic carbocycles. The summed E-state index contributed by atoms with van der Waals surface area (Å²) in [6.45, 7) is 4.73. The highest BCUT2D eigenvalue weighted by Gasteiger charge is 2.24. The SMILES string of the molecule is COc1cc([N+](=O)[O-])ccc1NC(=O)COC(=O)c1c(C)noc1C(C)C. The summed E-state index contributed by atoms with van der Waals surface area (Å²) in [5, 5.41) is 17.0. The number of rotatable bonds is 7. The average Bonchev–Trinajstić information content (AvgIpc) is 3.01. The van der Waals surface area contributed by atoms with Gasteiger partial charge in [-0.15, -0.1) is 0 Å². The van der Waals surface area contributed by atoms with Crippen molar-refractivity contribution in [2.24, 2.45) is 0 Å². The standard InChI is InChI=1S/C17H19N3O7/c1-9(2)16-15(10(3)19-27-16)17(22)26-8-14(21)18-12-6-5-11(20(23)24)7-13(12)25-4/h5-7,9H,8H2,1-4H3,(H,18,21). The molecule has 10 heteroatoms. The summed E-state index contributed by atoms with van der Waals surface area (Å²) in [5.41, 5.74) is 0.612. The summed E-state index contributed by atoms with van der Waals surface area (Å²) in [6.07, 6.45) is 0. The van der Waals surface area contributed by atoms with Gasteiger partial charge in [-0.05, 0) is 13.0 Å². The number of nitro benzene ring substituents is 1. The van der Waals surface area contributed by atoms with E-state index in [0.717, 1.165) is 0 Å². The molecular weight excluding hydrogens is 358 g/mol. The van der Waals surface area contributed by atoms with Crippen LogP contribution in [0.3, 0.4) is 0 Å². The molecular formula is C17H19N3O7. The molecule has 0 aliphatic carbocycles. The van der Waals surface area contributed by atoms with Crippen molar-refractivity contribution in [3.05, 3.63) is 45.3 Å². The normalized spacial score (nSPS) is 10.6. The van der Waals surface area contributed by atoms with E-state index in [1.54, 1.807) is 6.92 Å². The van der Waals surface area contributed by atoms with Crippen molar-refractivity contribution < 1.29 is 28.5 Å². The van der Waals surface area contributed by atoms with Gasteiger partial charge in [0.1, 0.15) is 11.3 Å². The number of esters is 1. The number of nitro groups is 1. The zero-order valence-electron chi connectivity index (χ0n) is 15.3. The molecule has 0 saturated heterocycles. The molecule has 1 N–H and O–H groups in total. The fourth-order valence-electron chi connectivity index (χ4n) is 2.32. The van der Waals surface area contributed by atoms with E-state index < -0.39 is 23.4 Å². The fourth-order valence-corrected chi connectivity index (χ4v) is 2.32. The summed E-state index contributed by atoms with van der Waals surface area (Å²) in [4.78, 5) is 34.5. The van der Waals surface area contributed by atoms with E-state index in [4.69, 9.17) is 14.0 Å². The van der Waals surface area contributed by atoms with Crippen molar-refractivity contribution in [3.63, 3.8) is 0 Å². The number of aryl methyl sites for hydroxylation is 1. The van der Waals surface area contributed by atoms with Crippen LogP contribution in [0.2, 0.25) is 0 Å². The lowest BCUT2D eigenvalue weighted by Crippen LogP contribution is -2.22. The second kappa shape index (κ2) is 8.30. The first-order valence-corrected chi connectivity index (χ1v) is 8.00. The maximum absolute atomic E-state index is 12.2. The Balaban J connectivity index is 2.04. The minimum Gasteiger partial charge on any atom is -0.494 e. The number of carbonyl (C=O) groups excluding carboxylic acids is 2. The largest absolute Gasteiger partial charge is 0.494 e. The highest BCUT2D eigenvalue weighted by Crippen LogP contribution is 2.29. The molecule has 0 unspecified atom stereocenters. The summed E-state index contributed by atoms with van der Waals surface area (Å²) in [5.74, 6) is -0.929. The molecule has 0 saturated carbocycles. The number of aromatic nitrogens is 1. The molecule has 0 bridgehead atoms. The Morgan fingerprint density at radius 3 is 2.67 bits per heavy atom. The van der Waals surface area contributed by atoms with E-state index in [1.165, 1.54) is 25.3 Å². The first-order valence-electron chi connectivity index (χ1n) is 8.00.